The van der Waals surface area contributed by atoms with Crippen molar-refractivity contribution in [2.24, 2.45) is 0 Å². The number of amides is 2. The molecule has 0 aliphatic heterocycles. The molecule has 16 heavy (non-hydrogen) atoms. The van der Waals surface area contributed by atoms with Gasteiger partial charge in [-0.05, 0) is 6.92 Å². The van der Waals surface area contributed by atoms with E-state index in [0.717, 1.165) is 11.6 Å². The Kier molecular flexibility index (Phi) is 6.95. The summed E-state index contributed by atoms with van der Waals surface area (Å²) in [6.45, 7) is 3.35. The number of nitrogens with zero attached hydrogens (tertiary/aromatic N) is 1. The summed E-state index contributed by atoms with van der Waals surface area (Å²) in [5.74, 6) is -0.944. The average molecular weight is 229 g/mol. The summed E-state index contributed by atoms with van der Waals surface area (Å²) in [5, 5.41) is 14.2. The van der Waals surface area contributed by atoms with Crippen LogP contribution < -0.4 is 10.6 Å². The molecule has 0 bridgehead atoms. The molecule has 2 amide bonds. The van der Waals surface area contributed by atoms with Crippen molar-refractivity contribution in [1.82, 2.24) is 15.5 Å². The number of hydrogen-bond acceptors (Lipinski definition) is 3. The predicted molar refractivity (Wildman–Crippen MR) is 61.3 cm³/mol. The number of urea groups is 1. The van der Waals surface area contributed by atoms with E-state index in [-0.39, 0.29) is 6.03 Å². The Balaban J connectivity index is 3.55. The maximum atomic E-state index is 11.1. The van der Waals surface area contributed by atoms with E-state index in [9.17, 15) is 9.59 Å². The third kappa shape index (κ3) is 7.81. The Labute approximate surface area is 95.3 Å². The molecule has 0 aromatic carbocycles. The number of carbonyl (C=O) groups excluding carboxylic acids is 1. The van der Waals surface area contributed by atoms with E-state index in [1.807, 2.05) is 0 Å². The molecule has 3 N–H and O–H groups in total. The van der Waals surface area contributed by atoms with Crippen molar-refractivity contribution in [3.63, 3.8) is 0 Å². The summed E-state index contributed by atoms with van der Waals surface area (Å²) in [7, 11) is 3.34. The Bertz CT molecular complexity index is 274. The lowest BCUT2D eigenvalue weighted by Crippen LogP contribution is -2.38. The second kappa shape index (κ2) is 7.70. The van der Waals surface area contributed by atoms with Gasteiger partial charge in [0.2, 0.25) is 0 Å². The number of carbonyl (C=O) groups is 2. The van der Waals surface area contributed by atoms with Crippen LogP contribution in [0.15, 0.2) is 11.6 Å². The number of nitrogens with one attached hydrogen (secondary N) is 2. The van der Waals surface area contributed by atoms with Gasteiger partial charge in [-0.25, -0.2) is 9.59 Å². The van der Waals surface area contributed by atoms with Gasteiger partial charge in [0.05, 0.1) is 0 Å². The largest absolute Gasteiger partial charge is 0.478 e. The Morgan fingerprint density at radius 1 is 1.31 bits per heavy atom. The fourth-order valence-corrected chi connectivity index (χ4v) is 0.963. The molecule has 0 heterocycles. The number of rotatable bonds is 6. The first-order valence-corrected chi connectivity index (χ1v) is 4.99. The van der Waals surface area contributed by atoms with Crippen molar-refractivity contribution >= 4 is 12.0 Å². The molecule has 0 saturated heterocycles. The van der Waals surface area contributed by atoms with Crippen molar-refractivity contribution in [3.8, 4) is 0 Å². The smallest absolute Gasteiger partial charge is 0.328 e. The van der Waals surface area contributed by atoms with E-state index in [0.29, 0.717) is 19.6 Å². The molecule has 0 spiro atoms. The minimum Gasteiger partial charge on any atom is -0.478 e. The van der Waals surface area contributed by atoms with E-state index in [4.69, 9.17) is 5.11 Å². The van der Waals surface area contributed by atoms with Gasteiger partial charge in [-0.2, -0.15) is 0 Å². The molecule has 0 aromatic rings. The number of aliphatic carboxylic acids is 1. The first kappa shape index (κ1) is 14.4. The first-order valence-electron chi connectivity index (χ1n) is 4.99. The third-order valence-electron chi connectivity index (χ3n) is 1.76. The molecule has 0 radical (unpaired) electrons. The Hall–Kier alpha value is -1.56. The highest BCUT2D eigenvalue weighted by Gasteiger charge is 2.00. The fraction of sp³-hybridized carbons (Fsp3) is 0.600. The van der Waals surface area contributed by atoms with E-state index >= 15 is 0 Å². The van der Waals surface area contributed by atoms with Crippen LogP contribution in [-0.4, -0.2) is 55.7 Å². The van der Waals surface area contributed by atoms with Gasteiger partial charge in [0.25, 0.3) is 0 Å². The van der Waals surface area contributed by atoms with Gasteiger partial charge in [-0.3, -0.25) is 0 Å². The van der Waals surface area contributed by atoms with Gasteiger partial charge in [-0.1, -0.05) is 5.57 Å². The minimum atomic E-state index is -0.944. The second-order valence-electron chi connectivity index (χ2n) is 3.63. The van der Waals surface area contributed by atoms with E-state index in [1.54, 1.807) is 21.0 Å². The summed E-state index contributed by atoms with van der Waals surface area (Å²) in [4.78, 5) is 22.8. The van der Waals surface area contributed by atoms with E-state index in [1.165, 1.54) is 4.90 Å². The molecule has 0 aliphatic carbocycles. The Morgan fingerprint density at radius 3 is 2.44 bits per heavy atom. The van der Waals surface area contributed by atoms with Crippen molar-refractivity contribution in [1.29, 1.82) is 0 Å². The van der Waals surface area contributed by atoms with Gasteiger partial charge in [-0.15, -0.1) is 0 Å². The topological polar surface area (TPSA) is 81.7 Å². The maximum Gasteiger partial charge on any atom is 0.328 e. The van der Waals surface area contributed by atoms with Gasteiger partial charge in [0, 0.05) is 39.8 Å². The zero-order valence-electron chi connectivity index (χ0n) is 9.91. The summed E-state index contributed by atoms with van der Waals surface area (Å²) >= 11 is 0. The van der Waals surface area contributed by atoms with Crippen LogP contribution in [0.3, 0.4) is 0 Å². The minimum absolute atomic E-state index is 0.139. The fourth-order valence-electron chi connectivity index (χ4n) is 0.963. The van der Waals surface area contributed by atoms with Crippen LogP contribution in [0, 0.1) is 0 Å². The van der Waals surface area contributed by atoms with Crippen LogP contribution in [0.1, 0.15) is 6.92 Å². The van der Waals surface area contributed by atoms with Crippen LogP contribution in [0.5, 0.6) is 0 Å². The van der Waals surface area contributed by atoms with Crippen molar-refractivity contribution in [2.45, 2.75) is 6.92 Å². The van der Waals surface area contributed by atoms with Gasteiger partial charge in [0.15, 0.2) is 0 Å². The van der Waals surface area contributed by atoms with Gasteiger partial charge < -0.3 is 20.6 Å². The average Bonchev–Trinajstić information content (AvgIpc) is 2.15. The molecule has 6 heteroatoms. The molecular formula is C10H19N3O3. The molecule has 0 aromatic heterocycles. The highest BCUT2D eigenvalue weighted by atomic mass is 16.4. The van der Waals surface area contributed by atoms with Crippen LogP contribution in [-0.2, 0) is 4.79 Å². The zero-order valence-corrected chi connectivity index (χ0v) is 9.91. The summed E-state index contributed by atoms with van der Waals surface area (Å²) < 4.78 is 0. The molecule has 0 aliphatic rings. The highest BCUT2D eigenvalue weighted by molar-refractivity contribution is 5.80. The maximum absolute atomic E-state index is 11.1. The molecule has 0 unspecified atom stereocenters. The Morgan fingerprint density at radius 2 is 1.94 bits per heavy atom. The molecule has 6 nitrogen and oxygen atoms in total. The number of hydrogen-bond donors (Lipinski definition) is 3. The lowest BCUT2D eigenvalue weighted by molar-refractivity contribution is -0.131. The monoisotopic (exact) mass is 229 g/mol. The zero-order chi connectivity index (χ0) is 12.6. The SMILES string of the molecule is CC(=CC(=O)O)CNCCNC(=O)N(C)C. The summed E-state index contributed by atoms with van der Waals surface area (Å²) in [6, 6.07) is -0.139. The number of carboxylic acid groups (broad SMARTS) is 1. The van der Waals surface area contributed by atoms with Crippen LogP contribution in [0.4, 0.5) is 4.79 Å². The summed E-state index contributed by atoms with van der Waals surface area (Å²) in [6.07, 6.45) is 1.16. The molecule has 92 valence electrons. The molecular weight excluding hydrogens is 210 g/mol. The van der Waals surface area contributed by atoms with E-state index < -0.39 is 5.97 Å². The van der Waals surface area contributed by atoms with E-state index in [2.05, 4.69) is 10.6 Å². The standard InChI is InChI=1S/C10H19N3O3/c1-8(6-9(14)15)7-11-4-5-12-10(16)13(2)3/h6,11H,4-5,7H2,1-3H3,(H,12,16)(H,14,15). The lowest BCUT2D eigenvalue weighted by Gasteiger charge is -2.12. The van der Waals surface area contributed by atoms with Crippen LogP contribution in [0.25, 0.3) is 0 Å². The third-order valence-corrected chi connectivity index (χ3v) is 1.76. The van der Waals surface area contributed by atoms with Crippen molar-refractivity contribution < 1.29 is 14.7 Å². The van der Waals surface area contributed by atoms with Gasteiger partial charge >= 0.3 is 12.0 Å². The highest BCUT2D eigenvalue weighted by Crippen LogP contribution is 1.88. The lowest BCUT2D eigenvalue weighted by atomic mass is 10.3. The predicted octanol–water partition coefficient (Wildman–Crippen LogP) is -0.122. The second-order valence-corrected chi connectivity index (χ2v) is 3.63. The van der Waals surface area contributed by atoms with Crippen LogP contribution in [0.2, 0.25) is 0 Å². The number of carboxylic acids is 1. The van der Waals surface area contributed by atoms with Gasteiger partial charge in [0.1, 0.15) is 0 Å². The normalized spacial score (nSPS) is 11.1. The van der Waals surface area contributed by atoms with Crippen LogP contribution >= 0.6 is 0 Å². The molecule has 0 saturated carbocycles. The molecule has 0 atom stereocenters. The molecule has 0 rings (SSSR count). The van der Waals surface area contributed by atoms with Crippen molar-refractivity contribution in [3.05, 3.63) is 11.6 Å². The van der Waals surface area contributed by atoms with Crippen molar-refractivity contribution in [2.75, 3.05) is 33.7 Å². The quantitative estimate of drug-likeness (QED) is 0.438. The summed E-state index contributed by atoms with van der Waals surface area (Å²) in [5.41, 5.74) is 0.742. The molecule has 0 fully saturated rings. The first-order chi connectivity index (χ1) is 7.43.